The van der Waals surface area contributed by atoms with E-state index in [1.807, 2.05) is 6.92 Å². The molecule has 0 aromatic heterocycles. The van der Waals surface area contributed by atoms with Crippen LogP contribution in [0.25, 0.3) is 0 Å². The average molecular weight is 373 g/mol. The molecule has 0 fully saturated rings. The summed E-state index contributed by atoms with van der Waals surface area (Å²) in [6.07, 6.45) is -0.756. The number of amides is 2. The van der Waals surface area contributed by atoms with Crippen molar-refractivity contribution in [3.05, 3.63) is 28.2 Å². The predicted octanol–water partition coefficient (Wildman–Crippen LogP) is 2.58. The summed E-state index contributed by atoms with van der Waals surface area (Å²) in [5.74, 6) is -0.518. The molecular formula is C15H21BrN2O4. The van der Waals surface area contributed by atoms with Gasteiger partial charge in [0.1, 0.15) is 11.6 Å². The third-order valence-corrected chi connectivity index (χ3v) is 3.51. The summed E-state index contributed by atoms with van der Waals surface area (Å²) in [7, 11) is 0. The highest BCUT2D eigenvalue weighted by molar-refractivity contribution is 9.10. The van der Waals surface area contributed by atoms with E-state index in [0.29, 0.717) is 5.69 Å². The van der Waals surface area contributed by atoms with E-state index in [1.165, 1.54) is 0 Å². The van der Waals surface area contributed by atoms with Crippen LogP contribution in [0.1, 0.15) is 26.3 Å². The van der Waals surface area contributed by atoms with Gasteiger partial charge in [0, 0.05) is 10.2 Å². The minimum atomic E-state index is -1.08. The zero-order chi connectivity index (χ0) is 16.9. The summed E-state index contributed by atoms with van der Waals surface area (Å²) >= 11 is 3.37. The first-order valence-corrected chi connectivity index (χ1v) is 7.59. The second kappa shape index (κ2) is 7.60. The highest BCUT2D eigenvalue weighted by atomic mass is 79.9. The summed E-state index contributed by atoms with van der Waals surface area (Å²) < 4.78 is 5.98. The van der Waals surface area contributed by atoms with Crippen molar-refractivity contribution in [2.24, 2.45) is 0 Å². The lowest BCUT2D eigenvalue weighted by Crippen LogP contribution is -2.47. The molecule has 1 aromatic carbocycles. The molecule has 1 atom stereocenters. The number of ether oxygens (including phenoxy) is 1. The van der Waals surface area contributed by atoms with Gasteiger partial charge in [-0.15, -0.1) is 0 Å². The molecule has 7 heteroatoms. The molecule has 0 aliphatic heterocycles. The van der Waals surface area contributed by atoms with Gasteiger partial charge in [0.05, 0.1) is 6.61 Å². The number of anilines is 1. The van der Waals surface area contributed by atoms with Crippen molar-refractivity contribution >= 4 is 33.6 Å². The first-order chi connectivity index (χ1) is 10.1. The number of hydrogen-bond donors (Lipinski definition) is 3. The molecule has 0 radical (unpaired) electrons. The molecule has 0 aliphatic carbocycles. The van der Waals surface area contributed by atoms with Crippen molar-refractivity contribution in [1.82, 2.24) is 5.32 Å². The van der Waals surface area contributed by atoms with Gasteiger partial charge in [0.2, 0.25) is 5.91 Å². The van der Waals surface area contributed by atoms with E-state index in [0.717, 1.165) is 10.0 Å². The Kier molecular flexibility index (Phi) is 6.37. The number of aryl methyl sites for hydroxylation is 1. The largest absolute Gasteiger partial charge is 0.444 e. The standard InChI is InChI=1S/C15H21BrN2O4/c1-9-7-10(5-6-11(9)16)17-13(20)12(8-19)18-14(21)22-15(2,3)4/h5-7,12,19H,8H2,1-4H3,(H,17,20)(H,18,21)/t12-/m0/s1. The average Bonchev–Trinajstić information content (AvgIpc) is 2.38. The van der Waals surface area contributed by atoms with E-state index >= 15 is 0 Å². The zero-order valence-electron chi connectivity index (χ0n) is 13.1. The van der Waals surface area contributed by atoms with Crippen molar-refractivity contribution in [2.45, 2.75) is 39.3 Å². The monoisotopic (exact) mass is 372 g/mol. The Bertz CT molecular complexity index is 555. The number of halogens is 1. The van der Waals surface area contributed by atoms with Crippen molar-refractivity contribution in [2.75, 3.05) is 11.9 Å². The van der Waals surface area contributed by atoms with Gasteiger partial charge in [-0.1, -0.05) is 15.9 Å². The maximum Gasteiger partial charge on any atom is 0.408 e. The quantitative estimate of drug-likeness (QED) is 0.757. The SMILES string of the molecule is Cc1cc(NC(=O)[C@H](CO)NC(=O)OC(C)(C)C)ccc1Br. The topological polar surface area (TPSA) is 87.7 Å². The molecule has 6 nitrogen and oxygen atoms in total. The first kappa shape index (κ1) is 18.4. The van der Waals surface area contributed by atoms with Gasteiger partial charge in [0.15, 0.2) is 0 Å². The van der Waals surface area contributed by atoms with Gasteiger partial charge >= 0.3 is 6.09 Å². The zero-order valence-corrected chi connectivity index (χ0v) is 14.7. The van der Waals surface area contributed by atoms with Crippen molar-refractivity contribution < 1.29 is 19.4 Å². The number of aliphatic hydroxyl groups is 1. The maximum absolute atomic E-state index is 12.1. The van der Waals surface area contributed by atoms with Crippen LogP contribution in [0.4, 0.5) is 10.5 Å². The fourth-order valence-corrected chi connectivity index (χ4v) is 1.84. The summed E-state index contributed by atoms with van der Waals surface area (Å²) in [5, 5.41) is 14.3. The molecule has 0 saturated heterocycles. The number of hydrogen-bond acceptors (Lipinski definition) is 4. The van der Waals surface area contributed by atoms with Gasteiger partial charge in [-0.05, 0) is 51.5 Å². The Morgan fingerprint density at radius 2 is 2.00 bits per heavy atom. The summed E-state index contributed by atoms with van der Waals surface area (Å²) in [5.41, 5.74) is 0.859. The first-order valence-electron chi connectivity index (χ1n) is 6.80. The van der Waals surface area contributed by atoms with Crippen LogP contribution in [0.5, 0.6) is 0 Å². The highest BCUT2D eigenvalue weighted by Crippen LogP contribution is 2.20. The molecule has 3 N–H and O–H groups in total. The summed E-state index contributed by atoms with van der Waals surface area (Å²) in [6, 6.07) is 4.22. The molecular weight excluding hydrogens is 352 g/mol. The van der Waals surface area contributed by atoms with E-state index in [4.69, 9.17) is 4.74 Å². The summed E-state index contributed by atoms with van der Waals surface area (Å²) in [4.78, 5) is 23.7. The van der Waals surface area contributed by atoms with Crippen LogP contribution < -0.4 is 10.6 Å². The van der Waals surface area contributed by atoms with Crippen molar-refractivity contribution in [3.63, 3.8) is 0 Å². The number of nitrogens with one attached hydrogen (secondary N) is 2. The molecule has 0 aliphatic rings. The van der Waals surface area contributed by atoms with Gasteiger partial charge in [-0.2, -0.15) is 0 Å². The Morgan fingerprint density at radius 1 is 1.36 bits per heavy atom. The number of aliphatic hydroxyl groups excluding tert-OH is 1. The Labute approximate surface area is 138 Å². The minimum absolute atomic E-state index is 0.518. The summed E-state index contributed by atoms with van der Waals surface area (Å²) in [6.45, 7) is 6.50. The lowest BCUT2D eigenvalue weighted by Gasteiger charge is -2.22. The van der Waals surface area contributed by atoms with Crippen LogP contribution in [0.2, 0.25) is 0 Å². The molecule has 0 saturated carbocycles. The lowest BCUT2D eigenvalue weighted by atomic mass is 10.2. The molecule has 0 bridgehead atoms. The normalized spacial score (nSPS) is 12.5. The van der Waals surface area contributed by atoms with Crippen molar-refractivity contribution in [3.8, 4) is 0 Å². The van der Waals surface area contributed by atoms with Crippen molar-refractivity contribution in [1.29, 1.82) is 0 Å². The van der Waals surface area contributed by atoms with E-state index in [9.17, 15) is 14.7 Å². The van der Waals surface area contributed by atoms with Crippen LogP contribution in [-0.2, 0) is 9.53 Å². The highest BCUT2D eigenvalue weighted by Gasteiger charge is 2.23. The molecule has 1 aromatic rings. The maximum atomic E-state index is 12.1. The second-order valence-electron chi connectivity index (χ2n) is 5.83. The van der Waals surface area contributed by atoms with Crippen LogP contribution in [0.3, 0.4) is 0 Å². The number of carbonyl (C=O) groups is 2. The lowest BCUT2D eigenvalue weighted by molar-refractivity contribution is -0.119. The van der Waals surface area contributed by atoms with Gasteiger partial charge in [-0.3, -0.25) is 4.79 Å². The minimum Gasteiger partial charge on any atom is -0.444 e. The molecule has 122 valence electrons. The molecule has 2 amide bonds. The molecule has 0 heterocycles. The number of alkyl carbamates (subject to hydrolysis) is 1. The fraction of sp³-hybridized carbons (Fsp3) is 0.467. The van der Waals surface area contributed by atoms with Crippen LogP contribution in [-0.4, -0.2) is 35.4 Å². The molecule has 0 unspecified atom stereocenters. The Hall–Kier alpha value is -1.60. The van der Waals surface area contributed by atoms with Crippen LogP contribution in [0, 0.1) is 6.92 Å². The predicted molar refractivity (Wildman–Crippen MR) is 87.8 cm³/mol. The third-order valence-electron chi connectivity index (χ3n) is 2.62. The smallest absolute Gasteiger partial charge is 0.408 e. The van der Waals surface area contributed by atoms with E-state index in [1.54, 1.807) is 39.0 Å². The number of rotatable bonds is 4. The Morgan fingerprint density at radius 3 is 2.50 bits per heavy atom. The second-order valence-corrected chi connectivity index (χ2v) is 6.69. The van der Waals surface area contributed by atoms with Gasteiger partial charge in [0.25, 0.3) is 0 Å². The molecule has 1 rings (SSSR count). The van der Waals surface area contributed by atoms with Crippen LogP contribution >= 0.6 is 15.9 Å². The van der Waals surface area contributed by atoms with E-state index in [-0.39, 0.29) is 0 Å². The number of benzene rings is 1. The molecule has 0 spiro atoms. The van der Waals surface area contributed by atoms with Crippen LogP contribution in [0.15, 0.2) is 22.7 Å². The van der Waals surface area contributed by atoms with Gasteiger partial charge in [-0.25, -0.2) is 4.79 Å². The van der Waals surface area contributed by atoms with E-state index in [2.05, 4.69) is 26.6 Å². The number of carbonyl (C=O) groups excluding carboxylic acids is 2. The third kappa shape index (κ3) is 6.03. The molecule has 22 heavy (non-hydrogen) atoms. The fourth-order valence-electron chi connectivity index (χ4n) is 1.60. The van der Waals surface area contributed by atoms with E-state index < -0.39 is 30.3 Å². The van der Waals surface area contributed by atoms with Gasteiger partial charge < -0.3 is 20.5 Å². The Balaban J connectivity index is 2.68.